The van der Waals surface area contributed by atoms with Crippen LogP contribution in [0.15, 0.2) is 103 Å². The van der Waals surface area contributed by atoms with Crippen LogP contribution in [0.25, 0.3) is 27.9 Å². The highest BCUT2D eigenvalue weighted by atomic mass is 35.5. The van der Waals surface area contributed by atoms with E-state index in [2.05, 4.69) is 27.3 Å². The molecule has 0 aliphatic rings. The number of carbonyl (C=O) groups excluding carboxylic acids is 2. The summed E-state index contributed by atoms with van der Waals surface area (Å²) in [5.41, 5.74) is 4.42. The van der Waals surface area contributed by atoms with E-state index in [-0.39, 0.29) is 18.1 Å². The van der Waals surface area contributed by atoms with Crippen molar-refractivity contribution in [2.45, 2.75) is 6.54 Å². The van der Waals surface area contributed by atoms with Gasteiger partial charge in [0, 0.05) is 46.0 Å². The average molecular weight is 494 g/mol. The first-order chi connectivity index (χ1) is 17.5. The molecule has 178 valence electrons. The van der Waals surface area contributed by atoms with Crippen molar-refractivity contribution in [3.05, 3.63) is 124 Å². The van der Waals surface area contributed by atoms with Crippen LogP contribution in [0.5, 0.6) is 0 Å². The van der Waals surface area contributed by atoms with Crippen molar-refractivity contribution >= 4 is 51.3 Å². The van der Waals surface area contributed by atoms with Gasteiger partial charge in [0.05, 0.1) is 0 Å². The maximum Gasteiger partial charge on any atom is 0.268 e. The number of hydrogen-bond donors (Lipinski definition) is 2. The Balaban J connectivity index is 1.50. The van der Waals surface area contributed by atoms with Gasteiger partial charge in [-0.3, -0.25) is 9.59 Å². The predicted octanol–water partition coefficient (Wildman–Crippen LogP) is 6.07. The van der Waals surface area contributed by atoms with Crippen LogP contribution in [-0.2, 0) is 18.4 Å². The molecule has 0 radical (unpaired) electrons. The first kappa shape index (κ1) is 23.4. The number of carbonyl (C=O) groups is 2. The summed E-state index contributed by atoms with van der Waals surface area (Å²) in [6.45, 7) is 0.236. The average Bonchev–Trinajstić information content (AvgIpc) is 3.19. The van der Waals surface area contributed by atoms with E-state index in [0.717, 1.165) is 32.9 Å². The second-order valence-electron chi connectivity index (χ2n) is 8.51. The minimum absolute atomic E-state index is 0.149. The molecule has 0 aliphatic carbocycles. The van der Waals surface area contributed by atoms with Crippen molar-refractivity contribution in [3.8, 4) is 0 Å². The lowest BCUT2D eigenvalue weighted by Crippen LogP contribution is -2.34. The molecule has 0 atom stereocenters. The third-order valence-electron chi connectivity index (χ3n) is 6.17. The van der Waals surface area contributed by atoms with E-state index in [1.165, 1.54) is 0 Å². The summed E-state index contributed by atoms with van der Waals surface area (Å²) in [5.74, 6) is -0.766. The summed E-state index contributed by atoms with van der Waals surface area (Å²) >= 11 is 6.25. The summed E-state index contributed by atoms with van der Waals surface area (Å²) in [7, 11) is 2.04. The smallest absolute Gasteiger partial charge is 0.268 e. The minimum Gasteiger partial charge on any atom is -0.347 e. The maximum absolute atomic E-state index is 13.2. The Morgan fingerprint density at radius 1 is 0.833 bits per heavy atom. The lowest BCUT2D eigenvalue weighted by atomic mass is 10.1. The van der Waals surface area contributed by atoms with Crippen LogP contribution in [0.4, 0.5) is 0 Å². The first-order valence-corrected chi connectivity index (χ1v) is 12.0. The lowest BCUT2D eigenvalue weighted by Gasteiger charge is -2.12. The topological polar surface area (TPSA) is 63.1 Å². The molecule has 0 spiro atoms. The van der Waals surface area contributed by atoms with Gasteiger partial charge < -0.3 is 15.2 Å². The Morgan fingerprint density at radius 2 is 1.53 bits per heavy atom. The number of aromatic nitrogens is 1. The fourth-order valence-corrected chi connectivity index (χ4v) is 4.50. The van der Waals surface area contributed by atoms with Crippen LogP contribution >= 0.6 is 11.6 Å². The number of halogens is 1. The highest BCUT2D eigenvalue weighted by molar-refractivity contribution is 6.31. The Kier molecular flexibility index (Phi) is 6.56. The third-order valence-corrected chi connectivity index (χ3v) is 6.54. The highest BCUT2D eigenvalue weighted by Gasteiger charge is 2.16. The molecule has 1 aromatic heterocycles. The van der Waals surface area contributed by atoms with Crippen molar-refractivity contribution < 1.29 is 9.59 Å². The second kappa shape index (κ2) is 10.1. The molecule has 0 aliphatic heterocycles. The number of benzene rings is 4. The molecule has 5 nitrogen and oxygen atoms in total. The molecule has 5 rings (SSSR count). The zero-order valence-electron chi connectivity index (χ0n) is 19.7. The molecular formula is C30H24ClN3O2. The number of aryl methyl sites for hydroxylation is 1. The van der Waals surface area contributed by atoms with Crippen molar-refractivity contribution in [2.24, 2.45) is 7.05 Å². The zero-order chi connectivity index (χ0) is 25.1. The molecule has 6 heteroatoms. The van der Waals surface area contributed by atoms with Gasteiger partial charge in [-0.2, -0.15) is 0 Å². The van der Waals surface area contributed by atoms with Crippen molar-refractivity contribution in [2.75, 3.05) is 0 Å². The van der Waals surface area contributed by atoms with Gasteiger partial charge in [-0.1, -0.05) is 72.3 Å². The largest absolute Gasteiger partial charge is 0.347 e. The molecule has 0 fully saturated rings. The minimum atomic E-state index is -0.405. The number of amides is 2. The van der Waals surface area contributed by atoms with Crippen LogP contribution < -0.4 is 10.6 Å². The molecule has 5 aromatic rings. The van der Waals surface area contributed by atoms with Gasteiger partial charge >= 0.3 is 0 Å². The number of nitrogens with one attached hydrogen (secondary N) is 2. The summed E-state index contributed by atoms with van der Waals surface area (Å²) in [6.07, 6.45) is 1.70. The first-order valence-electron chi connectivity index (χ1n) is 11.6. The molecule has 4 aromatic carbocycles. The van der Waals surface area contributed by atoms with E-state index < -0.39 is 5.91 Å². The van der Waals surface area contributed by atoms with Crippen LogP contribution in [0, 0.1) is 0 Å². The normalized spacial score (nSPS) is 11.6. The lowest BCUT2D eigenvalue weighted by molar-refractivity contribution is -0.117. The van der Waals surface area contributed by atoms with Gasteiger partial charge in [0.15, 0.2) is 0 Å². The maximum atomic E-state index is 13.2. The molecule has 0 saturated heterocycles. The number of para-hydroxylation sites is 1. The van der Waals surface area contributed by atoms with E-state index >= 15 is 0 Å². The van der Waals surface area contributed by atoms with Gasteiger partial charge in [0.2, 0.25) is 0 Å². The van der Waals surface area contributed by atoms with Crippen molar-refractivity contribution in [1.29, 1.82) is 0 Å². The van der Waals surface area contributed by atoms with Gasteiger partial charge in [0.25, 0.3) is 11.8 Å². The molecule has 0 unspecified atom stereocenters. The third kappa shape index (κ3) is 4.74. The molecule has 0 bridgehead atoms. The number of fused-ring (bicyclic) bond motifs is 3. The van der Waals surface area contributed by atoms with Crippen molar-refractivity contribution in [1.82, 2.24) is 15.2 Å². The molecule has 1 heterocycles. The van der Waals surface area contributed by atoms with Gasteiger partial charge in [-0.15, -0.1) is 0 Å². The summed E-state index contributed by atoms with van der Waals surface area (Å²) in [6, 6.07) is 30.3. The summed E-state index contributed by atoms with van der Waals surface area (Å²) in [5, 5.41) is 8.44. The quantitative estimate of drug-likeness (QED) is 0.282. The number of rotatable bonds is 6. The number of nitrogens with zero attached hydrogens (tertiary/aromatic N) is 1. The standard InChI is InChI=1S/C30H24ClN3O2/c1-34-27-14-8-6-12-23(27)24-17-20(15-16-28(24)34)18-26(33-29(35)21-9-3-2-4-10-21)30(36)32-19-22-11-5-7-13-25(22)31/h2-18H,19H2,1H3,(H,32,36)(H,33,35). The molecule has 2 amide bonds. The fourth-order valence-electron chi connectivity index (χ4n) is 4.30. The predicted molar refractivity (Wildman–Crippen MR) is 146 cm³/mol. The second-order valence-corrected chi connectivity index (χ2v) is 8.91. The van der Waals surface area contributed by atoms with Gasteiger partial charge in [-0.25, -0.2) is 0 Å². The van der Waals surface area contributed by atoms with E-state index in [1.807, 2.05) is 61.6 Å². The van der Waals surface area contributed by atoms with Crippen molar-refractivity contribution in [3.63, 3.8) is 0 Å². The van der Waals surface area contributed by atoms with Crippen LogP contribution in [-0.4, -0.2) is 16.4 Å². The van der Waals surface area contributed by atoms with Crippen LogP contribution in [0.1, 0.15) is 21.5 Å². The van der Waals surface area contributed by atoms with Gasteiger partial charge in [0.1, 0.15) is 5.70 Å². The molecule has 0 saturated carbocycles. The molecular weight excluding hydrogens is 470 g/mol. The Bertz CT molecular complexity index is 1620. The van der Waals surface area contributed by atoms with E-state index in [4.69, 9.17) is 11.6 Å². The van der Waals surface area contributed by atoms with Gasteiger partial charge in [-0.05, 0) is 53.6 Å². The number of hydrogen-bond acceptors (Lipinski definition) is 2. The Morgan fingerprint density at radius 3 is 2.33 bits per heavy atom. The van der Waals surface area contributed by atoms with E-state index in [0.29, 0.717) is 10.6 Å². The Labute approximate surface area is 214 Å². The molecule has 36 heavy (non-hydrogen) atoms. The molecule has 2 N–H and O–H groups in total. The zero-order valence-corrected chi connectivity index (χ0v) is 20.4. The van der Waals surface area contributed by atoms with Crippen LogP contribution in [0.2, 0.25) is 5.02 Å². The Hall–Kier alpha value is -4.35. The summed E-state index contributed by atoms with van der Waals surface area (Å²) < 4.78 is 2.15. The summed E-state index contributed by atoms with van der Waals surface area (Å²) in [4.78, 5) is 26.2. The fraction of sp³-hybridized carbons (Fsp3) is 0.0667. The van der Waals surface area contributed by atoms with E-state index in [9.17, 15) is 9.59 Å². The van der Waals surface area contributed by atoms with E-state index in [1.54, 1.807) is 36.4 Å². The van der Waals surface area contributed by atoms with Crippen LogP contribution in [0.3, 0.4) is 0 Å². The monoisotopic (exact) mass is 493 g/mol. The highest BCUT2D eigenvalue weighted by Crippen LogP contribution is 2.29. The SMILES string of the molecule is Cn1c2ccccc2c2cc(C=C(NC(=O)c3ccccc3)C(=O)NCc3ccccc3Cl)ccc21.